The summed E-state index contributed by atoms with van der Waals surface area (Å²) >= 11 is 0. The summed E-state index contributed by atoms with van der Waals surface area (Å²) in [6.45, 7) is 4.08. The van der Waals surface area contributed by atoms with E-state index >= 15 is 0 Å². The molecule has 2 aromatic rings. The molecule has 1 unspecified atom stereocenters. The Morgan fingerprint density at radius 1 is 1.14 bits per heavy atom. The number of rotatable bonds is 1. The molecule has 1 aliphatic heterocycles. The molecule has 1 atom stereocenters. The maximum absolute atomic E-state index is 5.74. The summed E-state index contributed by atoms with van der Waals surface area (Å²) in [5.74, 6) is 8.06. The fraction of sp³-hybridized carbons (Fsp3) is 0.222. The molecule has 0 amide bonds. The SMILES string of the molecule is COc1cc(C)c(C#CC2Nc3ccccc3O2)c(C)c1. The van der Waals surface area contributed by atoms with Crippen LogP contribution in [0.3, 0.4) is 0 Å². The van der Waals surface area contributed by atoms with E-state index in [9.17, 15) is 0 Å². The van der Waals surface area contributed by atoms with Crippen LogP contribution in [0, 0.1) is 25.7 Å². The van der Waals surface area contributed by atoms with Gasteiger partial charge < -0.3 is 14.8 Å². The van der Waals surface area contributed by atoms with Crippen LogP contribution in [0.5, 0.6) is 11.5 Å². The minimum absolute atomic E-state index is 0.302. The third kappa shape index (κ3) is 2.66. The lowest BCUT2D eigenvalue weighted by Gasteiger charge is -2.07. The topological polar surface area (TPSA) is 30.5 Å². The number of para-hydroxylation sites is 2. The van der Waals surface area contributed by atoms with Crippen LogP contribution in [-0.2, 0) is 0 Å². The summed E-state index contributed by atoms with van der Waals surface area (Å²) < 4.78 is 11.0. The highest BCUT2D eigenvalue weighted by Crippen LogP contribution is 2.30. The Kier molecular flexibility index (Phi) is 3.45. The van der Waals surface area contributed by atoms with Crippen molar-refractivity contribution < 1.29 is 9.47 Å². The average Bonchev–Trinajstić information content (AvgIpc) is 2.88. The van der Waals surface area contributed by atoms with Gasteiger partial charge in [0, 0.05) is 5.56 Å². The molecule has 0 fully saturated rings. The lowest BCUT2D eigenvalue weighted by molar-refractivity contribution is 0.312. The van der Waals surface area contributed by atoms with Gasteiger partial charge in [-0.25, -0.2) is 0 Å². The lowest BCUT2D eigenvalue weighted by atomic mass is 10.0. The summed E-state index contributed by atoms with van der Waals surface area (Å²) in [6.07, 6.45) is -0.302. The van der Waals surface area contributed by atoms with E-state index in [2.05, 4.69) is 17.2 Å². The standard InChI is InChI=1S/C18H17NO2/c1-12-10-14(20-3)11-13(2)15(12)8-9-18-19-16-6-4-5-7-17(16)21-18/h4-7,10-11,18-19H,1-3H3. The zero-order valence-corrected chi connectivity index (χ0v) is 12.4. The molecule has 2 aromatic carbocycles. The maximum atomic E-state index is 5.74. The van der Waals surface area contributed by atoms with Gasteiger partial charge in [0.25, 0.3) is 0 Å². The Balaban J connectivity index is 1.84. The summed E-state index contributed by atoms with van der Waals surface area (Å²) in [5.41, 5.74) is 4.22. The average molecular weight is 279 g/mol. The fourth-order valence-corrected chi connectivity index (χ4v) is 2.43. The summed E-state index contributed by atoms with van der Waals surface area (Å²) in [5, 5.41) is 3.25. The van der Waals surface area contributed by atoms with Crippen LogP contribution in [0.2, 0.25) is 0 Å². The van der Waals surface area contributed by atoms with Crippen LogP contribution in [-0.4, -0.2) is 13.3 Å². The van der Waals surface area contributed by atoms with E-state index in [0.29, 0.717) is 0 Å². The highest BCUT2D eigenvalue weighted by Gasteiger charge is 2.18. The molecule has 0 saturated carbocycles. The molecule has 3 heteroatoms. The smallest absolute Gasteiger partial charge is 0.234 e. The fourth-order valence-electron chi connectivity index (χ4n) is 2.43. The predicted molar refractivity (Wildman–Crippen MR) is 83.8 cm³/mol. The molecular weight excluding hydrogens is 262 g/mol. The first-order valence-corrected chi connectivity index (χ1v) is 6.86. The van der Waals surface area contributed by atoms with Gasteiger partial charge in [0.15, 0.2) is 0 Å². The first-order chi connectivity index (χ1) is 10.2. The number of aryl methyl sites for hydroxylation is 2. The number of anilines is 1. The molecule has 0 aromatic heterocycles. The predicted octanol–water partition coefficient (Wildman–Crippen LogP) is 3.49. The summed E-state index contributed by atoms with van der Waals surface area (Å²) in [6, 6.07) is 11.8. The van der Waals surface area contributed by atoms with E-state index in [1.165, 1.54) is 0 Å². The number of ether oxygens (including phenoxy) is 2. The number of hydrogen-bond donors (Lipinski definition) is 1. The second-order valence-electron chi connectivity index (χ2n) is 5.04. The van der Waals surface area contributed by atoms with Crippen molar-refractivity contribution in [1.29, 1.82) is 0 Å². The van der Waals surface area contributed by atoms with E-state index in [1.807, 2.05) is 50.2 Å². The summed E-state index contributed by atoms with van der Waals surface area (Å²) in [7, 11) is 1.67. The van der Waals surface area contributed by atoms with Crippen molar-refractivity contribution in [2.45, 2.75) is 20.1 Å². The second kappa shape index (κ2) is 5.41. The van der Waals surface area contributed by atoms with E-state index in [0.717, 1.165) is 33.9 Å². The Bertz CT molecular complexity index is 692. The molecule has 0 spiro atoms. The van der Waals surface area contributed by atoms with E-state index in [-0.39, 0.29) is 6.23 Å². The van der Waals surface area contributed by atoms with Crippen molar-refractivity contribution in [2.75, 3.05) is 12.4 Å². The second-order valence-corrected chi connectivity index (χ2v) is 5.04. The highest BCUT2D eigenvalue weighted by atomic mass is 16.5. The van der Waals surface area contributed by atoms with Crippen LogP contribution >= 0.6 is 0 Å². The van der Waals surface area contributed by atoms with Crippen molar-refractivity contribution in [3.05, 3.63) is 53.1 Å². The Morgan fingerprint density at radius 3 is 2.52 bits per heavy atom. The lowest BCUT2D eigenvalue weighted by Crippen LogP contribution is -2.17. The molecule has 1 heterocycles. The molecule has 1 N–H and O–H groups in total. The first-order valence-electron chi connectivity index (χ1n) is 6.86. The van der Waals surface area contributed by atoms with Gasteiger partial charge in [-0.1, -0.05) is 18.1 Å². The highest BCUT2D eigenvalue weighted by molar-refractivity contribution is 5.61. The van der Waals surface area contributed by atoms with Crippen molar-refractivity contribution in [1.82, 2.24) is 0 Å². The van der Waals surface area contributed by atoms with Crippen molar-refractivity contribution in [3.63, 3.8) is 0 Å². The van der Waals surface area contributed by atoms with Crippen LogP contribution < -0.4 is 14.8 Å². The minimum Gasteiger partial charge on any atom is -0.497 e. The molecule has 0 radical (unpaired) electrons. The van der Waals surface area contributed by atoms with Gasteiger partial charge >= 0.3 is 0 Å². The molecule has 106 valence electrons. The maximum Gasteiger partial charge on any atom is 0.234 e. The third-order valence-corrected chi connectivity index (χ3v) is 3.49. The number of hydrogen-bond acceptors (Lipinski definition) is 3. The number of fused-ring (bicyclic) bond motifs is 1. The molecule has 3 rings (SSSR count). The van der Waals surface area contributed by atoms with Crippen LogP contribution in [0.4, 0.5) is 5.69 Å². The molecule has 0 saturated heterocycles. The van der Waals surface area contributed by atoms with Gasteiger partial charge in [-0.2, -0.15) is 0 Å². The van der Waals surface area contributed by atoms with Gasteiger partial charge in [-0.05, 0) is 55.2 Å². The molecule has 0 aliphatic carbocycles. The van der Waals surface area contributed by atoms with Crippen molar-refractivity contribution in [3.8, 4) is 23.3 Å². The van der Waals surface area contributed by atoms with Gasteiger partial charge in [-0.15, -0.1) is 0 Å². The van der Waals surface area contributed by atoms with Crippen LogP contribution in [0.1, 0.15) is 16.7 Å². The molecule has 3 nitrogen and oxygen atoms in total. The Labute approximate surface area is 124 Å². The van der Waals surface area contributed by atoms with E-state index in [4.69, 9.17) is 9.47 Å². The van der Waals surface area contributed by atoms with E-state index in [1.54, 1.807) is 7.11 Å². The monoisotopic (exact) mass is 279 g/mol. The molecule has 0 bridgehead atoms. The first kappa shape index (κ1) is 13.4. The van der Waals surface area contributed by atoms with E-state index < -0.39 is 0 Å². The minimum atomic E-state index is -0.302. The number of nitrogens with one attached hydrogen (secondary N) is 1. The van der Waals surface area contributed by atoms with Crippen molar-refractivity contribution >= 4 is 5.69 Å². The zero-order valence-electron chi connectivity index (χ0n) is 12.4. The quantitative estimate of drug-likeness (QED) is 0.811. The molecular formula is C18H17NO2. The number of methoxy groups -OCH3 is 1. The third-order valence-electron chi connectivity index (χ3n) is 3.49. The van der Waals surface area contributed by atoms with Gasteiger partial charge in [0.1, 0.15) is 11.5 Å². The Morgan fingerprint density at radius 2 is 1.86 bits per heavy atom. The summed E-state index contributed by atoms with van der Waals surface area (Å²) in [4.78, 5) is 0. The Hall–Kier alpha value is -2.60. The number of benzene rings is 2. The largest absolute Gasteiger partial charge is 0.497 e. The zero-order chi connectivity index (χ0) is 14.8. The molecule has 1 aliphatic rings. The van der Waals surface area contributed by atoms with Gasteiger partial charge in [0.05, 0.1) is 12.8 Å². The van der Waals surface area contributed by atoms with Crippen LogP contribution in [0.15, 0.2) is 36.4 Å². The van der Waals surface area contributed by atoms with Crippen molar-refractivity contribution in [2.24, 2.45) is 0 Å². The van der Waals surface area contributed by atoms with Gasteiger partial charge in [-0.3, -0.25) is 0 Å². The normalized spacial score (nSPS) is 15.3. The molecule has 21 heavy (non-hydrogen) atoms. The van der Waals surface area contributed by atoms with Gasteiger partial charge in [0.2, 0.25) is 6.23 Å². The van der Waals surface area contributed by atoms with Crippen LogP contribution in [0.25, 0.3) is 0 Å².